The molecule has 0 amide bonds. The van der Waals surface area contributed by atoms with E-state index in [4.69, 9.17) is 14.2 Å². The summed E-state index contributed by atoms with van der Waals surface area (Å²) >= 11 is 0. The van der Waals surface area contributed by atoms with Crippen LogP contribution >= 0.6 is 0 Å². The van der Waals surface area contributed by atoms with Gasteiger partial charge in [-0.05, 0) is 61.2 Å². The molecule has 0 spiro atoms. The van der Waals surface area contributed by atoms with E-state index in [0.717, 1.165) is 33.3 Å². The number of rotatable bonds is 10. The van der Waals surface area contributed by atoms with Crippen LogP contribution in [0.4, 0.5) is 0 Å². The smallest absolute Gasteiger partial charge is 0.314 e. The predicted molar refractivity (Wildman–Crippen MR) is 155 cm³/mol. The molecule has 42 heavy (non-hydrogen) atoms. The molecule has 0 saturated carbocycles. The number of fused-ring (bicyclic) bond motifs is 1. The minimum absolute atomic E-state index is 0.0204. The molecular weight excluding hydrogens is 536 g/mol. The number of imidazole rings is 1. The van der Waals surface area contributed by atoms with E-state index in [-0.39, 0.29) is 6.42 Å². The Bertz CT molecular complexity index is 1690. The molecule has 0 aliphatic rings. The van der Waals surface area contributed by atoms with Gasteiger partial charge in [-0.2, -0.15) is 10.2 Å². The van der Waals surface area contributed by atoms with Gasteiger partial charge in [0.05, 0.1) is 36.0 Å². The first-order chi connectivity index (χ1) is 20.2. The zero-order valence-corrected chi connectivity index (χ0v) is 24.0. The van der Waals surface area contributed by atoms with Crippen LogP contribution in [0.5, 0.6) is 6.01 Å². The van der Waals surface area contributed by atoms with Crippen molar-refractivity contribution < 1.29 is 23.8 Å². The van der Waals surface area contributed by atoms with Crippen molar-refractivity contribution >= 4 is 23.0 Å². The first-order valence-corrected chi connectivity index (χ1v) is 13.6. The fraction of sp³-hybridized carbons (Fsp3) is 0.290. The number of para-hydroxylation sites is 1. The summed E-state index contributed by atoms with van der Waals surface area (Å²) in [6.45, 7) is 7.57. The number of carbonyl (C=O) groups excluding carboxylic acids is 2. The molecule has 2 aromatic heterocycles. The molecule has 11 heteroatoms. The lowest BCUT2D eigenvalue weighted by atomic mass is 9.98. The number of nitrogens with zero attached hydrogens (tertiary/aromatic N) is 5. The van der Waals surface area contributed by atoms with Crippen molar-refractivity contribution in [3.8, 4) is 28.5 Å². The van der Waals surface area contributed by atoms with Gasteiger partial charge in [0.25, 0.3) is 6.01 Å². The molecule has 3 aromatic carbocycles. The lowest BCUT2D eigenvalue weighted by Gasteiger charge is -2.16. The zero-order valence-electron chi connectivity index (χ0n) is 24.0. The number of aromatic nitrogens is 6. The summed E-state index contributed by atoms with van der Waals surface area (Å²) in [5, 5.41) is 14.5. The summed E-state index contributed by atoms with van der Waals surface area (Å²) in [6.07, 6.45) is -0.0204. The molecule has 0 fully saturated rings. The summed E-state index contributed by atoms with van der Waals surface area (Å²) in [5.41, 5.74) is 5.41. The van der Waals surface area contributed by atoms with E-state index < -0.39 is 24.1 Å². The SMILES string of the molecule is CCOc1nc2cccc(CC(=O)OCOC(=O)C(C)(C)C)c2n1Cc1ccc(-c2ccccc2-c2nn[nH]n2)cc1. The normalized spacial score (nSPS) is 11.4. The van der Waals surface area contributed by atoms with E-state index in [1.165, 1.54) is 0 Å². The number of hydrogen-bond donors (Lipinski definition) is 1. The molecule has 11 nitrogen and oxygen atoms in total. The Kier molecular flexibility index (Phi) is 8.28. The number of aromatic amines is 1. The Hall–Kier alpha value is -5.06. The molecule has 0 saturated heterocycles. The summed E-state index contributed by atoms with van der Waals surface area (Å²) in [5.74, 6) is -0.431. The van der Waals surface area contributed by atoms with Crippen LogP contribution in [0.3, 0.4) is 0 Å². The highest BCUT2D eigenvalue weighted by atomic mass is 16.7. The summed E-state index contributed by atoms with van der Waals surface area (Å²) in [6, 6.07) is 22.1. The summed E-state index contributed by atoms with van der Waals surface area (Å²) in [4.78, 5) is 29.4. The highest BCUT2D eigenvalue weighted by Crippen LogP contribution is 2.31. The second kappa shape index (κ2) is 12.2. The number of hydrogen-bond acceptors (Lipinski definition) is 9. The fourth-order valence-electron chi connectivity index (χ4n) is 4.52. The van der Waals surface area contributed by atoms with E-state index in [2.05, 4.69) is 25.6 Å². The van der Waals surface area contributed by atoms with Crippen molar-refractivity contribution in [2.24, 2.45) is 5.41 Å². The molecule has 5 rings (SSSR count). The monoisotopic (exact) mass is 568 g/mol. The Labute approximate surface area is 242 Å². The predicted octanol–water partition coefficient (Wildman–Crippen LogP) is 4.96. The molecule has 5 aromatic rings. The highest BCUT2D eigenvalue weighted by molar-refractivity contribution is 5.85. The van der Waals surface area contributed by atoms with E-state index in [1.807, 2.05) is 78.2 Å². The number of nitrogens with one attached hydrogen (secondary N) is 1. The molecule has 0 atom stereocenters. The van der Waals surface area contributed by atoms with Gasteiger partial charge in [-0.25, -0.2) is 0 Å². The van der Waals surface area contributed by atoms with E-state index in [1.54, 1.807) is 20.8 Å². The van der Waals surface area contributed by atoms with Crippen molar-refractivity contribution in [1.82, 2.24) is 30.2 Å². The first kappa shape index (κ1) is 28.5. The average Bonchev–Trinajstić information content (AvgIpc) is 3.62. The lowest BCUT2D eigenvalue weighted by Crippen LogP contribution is -2.25. The van der Waals surface area contributed by atoms with Crippen molar-refractivity contribution in [3.63, 3.8) is 0 Å². The van der Waals surface area contributed by atoms with Crippen LogP contribution in [0.1, 0.15) is 38.8 Å². The van der Waals surface area contributed by atoms with Crippen LogP contribution in [-0.2, 0) is 32.0 Å². The van der Waals surface area contributed by atoms with Crippen LogP contribution < -0.4 is 4.74 Å². The van der Waals surface area contributed by atoms with Gasteiger partial charge in [0.2, 0.25) is 12.6 Å². The third-order valence-electron chi connectivity index (χ3n) is 6.56. The highest BCUT2D eigenvalue weighted by Gasteiger charge is 2.24. The van der Waals surface area contributed by atoms with Gasteiger partial charge in [-0.1, -0.05) is 60.7 Å². The number of ether oxygens (including phenoxy) is 3. The van der Waals surface area contributed by atoms with Gasteiger partial charge in [-0.3, -0.25) is 14.2 Å². The zero-order chi connectivity index (χ0) is 29.7. The Morgan fingerprint density at radius 2 is 1.69 bits per heavy atom. The summed E-state index contributed by atoms with van der Waals surface area (Å²) < 4.78 is 18.1. The minimum Gasteiger partial charge on any atom is -0.465 e. The molecule has 0 radical (unpaired) electrons. The maximum atomic E-state index is 12.7. The third kappa shape index (κ3) is 6.30. The number of benzene rings is 3. The molecule has 0 aliphatic carbocycles. The summed E-state index contributed by atoms with van der Waals surface area (Å²) in [7, 11) is 0. The first-order valence-electron chi connectivity index (χ1n) is 13.6. The molecule has 1 N–H and O–H groups in total. The number of tetrazole rings is 1. The molecule has 2 heterocycles. The van der Waals surface area contributed by atoms with Crippen molar-refractivity contribution in [2.45, 2.75) is 40.7 Å². The second-order valence-electron chi connectivity index (χ2n) is 10.7. The molecular formula is C31H32N6O5. The van der Waals surface area contributed by atoms with Gasteiger partial charge >= 0.3 is 11.9 Å². The average molecular weight is 569 g/mol. The molecule has 216 valence electrons. The van der Waals surface area contributed by atoms with Gasteiger partial charge in [-0.15, -0.1) is 10.2 Å². The molecule has 0 unspecified atom stereocenters. The van der Waals surface area contributed by atoms with Crippen LogP contribution in [0.15, 0.2) is 66.7 Å². The van der Waals surface area contributed by atoms with Crippen LogP contribution in [0.25, 0.3) is 33.5 Å². The Morgan fingerprint density at radius 3 is 2.38 bits per heavy atom. The number of esters is 2. The minimum atomic E-state index is -0.685. The second-order valence-corrected chi connectivity index (χ2v) is 10.7. The number of carbonyl (C=O) groups is 2. The largest absolute Gasteiger partial charge is 0.465 e. The van der Waals surface area contributed by atoms with Gasteiger partial charge in [0.1, 0.15) is 0 Å². The van der Waals surface area contributed by atoms with Crippen molar-refractivity contribution in [1.29, 1.82) is 0 Å². The lowest BCUT2D eigenvalue weighted by molar-refractivity contribution is -0.172. The van der Waals surface area contributed by atoms with Crippen molar-refractivity contribution in [3.05, 3.63) is 77.9 Å². The van der Waals surface area contributed by atoms with Gasteiger partial charge < -0.3 is 14.2 Å². The number of H-pyrrole nitrogens is 1. The van der Waals surface area contributed by atoms with Gasteiger partial charge in [0, 0.05) is 5.56 Å². The van der Waals surface area contributed by atoms with Crippen LogP contribution in [0, 0.1) is 5.41 Å². The Balaban J connectivity index is 1.39. The maximum absolute atomic E-state index is 12.7. The molecule has 0 bridgehead atoms. The fourth-order valence-corrected chi connectivity index (χ4v) is 4.52. The third-order valence-corrected chi connectivity index (χ3v) is 6.56. The molecule has 0 aliphatic heterocycles. The topological polar surface area (TPSA) is 134 Å². The van der Waals surface area contributed by atoms with E-state index in [0.29, 0.717) is 30.5 Å². The van der Waals surface area contributed by atoms with Crippen molar-refractivity contribution in [2.75, 3.05) is 13.4 Å². The van der Waals surface area contributed by atoms with E-state index >= 15 is 0 Å². The standard InChI is InChI=1S/C31H32N6O5/c1-5-40-30-32-25-12-8-9-22(17-26(38)41-19-42-29(39)31(2,3)4)27(25)37(30)18-20-13-15-21(16-14-20)23-10-6-7-11-24(23)28-33-35-36-34-28/h6-16H,5,17-19H2,1-4H3,(H,33,34,35,36). The quantitative estimate of drug-likeness (QED) is 0.183. The van der Waals surface area contributed by atoms with E-state index in [9.17, 15) is 9.59 Å². The van der Waals surface area contributed by atoms with Crippen LogP contribution in [0.2, 0.25) is 0 Å². The van der Waals surface area contributed by atoms with Gasteiger partial charge in [0.15, 0.2) is 0 Å². The van der Waals surface area contributed by atoms with Crippen LogP contribution in [-0.4, -0.2) is 55.5 Å². The maximum Gasteiger partial charge on any atom is 0.314 e. The Morgan fingerprint density at radius 1 is 0.929 bits per heavy atom.